The number of amides is 2. The van der Waals surface area contributed by atoms with Gasteiger partial charge < -0.3 is 40.4 Å². The van der Waals surface area contributed by atoms with Gasteiger partial charge in [-0.05, 0) is 105 Å². The molecule has 2 amide bonds. The van der Waals surface area contributed by atoms with Gasteiger partial charge in [-0.2, -0.15) is 13.2 Å². The van der Waals surface area contributed by atoms with Crippen LogP contribution in [0.2, 0.25) is 0 Å². The Morgan fingerprint density at radius 3 is 2.55 bits per heavy atom. The van der Waals surface area contributed by atoms with E-state index in [9.17, 15) is 22.8 Å². The number of carbonyl (C=O) groups is 2. The molecule has 0 saturated carbocycles. The highest BCUT2D eigenvalue weighted by Gasteiger charge is 2.31. The molecule has 1 atom stereocenters. The number of likely N-dealkylation sites (tertiary alicyclic amines) is 1. The monoisotopic (exact) mass is 757 g/mol. The molecule has 1 saturated heterocycles. The van der Waals surface area contributed by atoms with Crippen LogP contribution in [-0.2, 0) is 24.3 Å². The average molecular weight is 758 g/mol. The van der Waals surface area contributed by atoms with E-state index in [4.69, 9.17) is 4.74 Å². The van der Waals surface area contributed by atoms with Gasteiger partial charge in [-0.25, -0.2) is 0 Å². The van der Waals surface area contributed by atoms with Gasteiger partial charge in [-0.1, -0.05) is 38.0 Å². The predicted octanol–water partition coefficient (Wildman–Crippen LogP) is 6.25. The highest BCUT2D eigenvalue weighted by Crippen LogP contribution is 2.32. The maximum atomic E-state index is 13.7. The largest absolute Gasteiger partial charge is 0.495 e. The highest BCUT2D eigenvalue weighted by atomic mass is 19.4. The van der Waals surface area contributed by atoms with E-state index < -0.39 is 12.7 Å². The molecular formula is C42H50F3N7O3. The Morgan fingerprint density at radius 2 is 1.82 bits per heavy atom. The van der Waals surface area contributed by atoms with E-state index in [1.807, 2.05) is 44.0 Å². The first-order chi connectivity index (χ1) is 26.3. The van der Waals surface area contributed by atoms with Crippen molar-refractivity contribution in [3.05, 3.63) is 83.0 Å². The summed E-state index contributed by atoms with van der Waals surface area (Å²) in [5.74, 6) is 6.19. The van der Waals surface area contributed by atoms with Gasteiger partial charge in [-0.15, -0.1) is 0 Å². The van der Waals surface area contributed by atoms with Crippen molar-refractivity contribution in [3.63, 3.8) is 0 Å². The van der Waals surface area contributed by atoms with Crippen LogP contribution in [-0.4, -0.2) is 86.9 Å². The number of hydrogen-bond acceptors (Lipinski definition) is 7. The molecular weight excluding hydrogens is 708 g/mol. The van der Waals surface area contributed by atoms with Crippen LogP contribution >= 0.6 is 0 Å². The van der Waals surface area contributed by atoms with Gasteiger partial charge in [0.2, 0.25) is 5.91 Å². The van der Waals surface area contributed by atoms with E-state index in [0.717, 1.165) is 48.4 Å². The van der Waals surface area contributed by atoms with Crippen molar-refractivity contribution in [2.24, 2.45) is 5.92 Å². The first-order valence-electron chi connectivity index (χ1n) is 18.8. The molecule has 2 aliphatic heterocycles. The quantitative estimate of drug-likeness (QED) is 0.142. The molecule has 1 fully saturated rings. The van der Waals surface area contributed by atoms with Crippen LogP contribution < -0.4 is 30.9 Å². The van der Waals surface area contributed by atoms with Crippen LogP contribution in [0.4, 0.5) is 30.2 Å². The SMILES string of the molecule is COc1cc(C(=O)NCc2ccc3c(c2)N(C)C(C(C)C)C(=O)NCC3)ccc1NCC#Cc1cc2c(NC3CCN(C)CC3)cccc2n1CC(F)(F)F. The van der Waals surface area contributed by atoms with E-state index in [0.29, 0.717) is 40.9 Å². The number of hydrogen-bond donors (Lipinski definition) is 4. The number of fused-ring (bicyclic) bond motifs is 2. The molecule has 4 aromatic rings. The number of alkyl halides is 3. The number of benzene rings is 3. The van der Waals surface area contributed by atoms with Crippen molar-refractivity contribution in [3.8, 4) is 17.6 Å². The Morgan fingerprint density at radius 1 is 1.04 bits per heavy atom. The fourth-order valence-corrected chi connectivity index (χ4v) is 7.53. The van der Waals surface area contributed by atoms with Crippen molar-refractivity contribution in [1.29, 1.82) is 0 Å². The molecule has 4 N–H and O–H groups in total. The standard InChI is InChI=1S/C42H50F3N7O3/c1-27(2)39-41(54)47-19-15-29-12-11-28(22-37(29)51(39)4)25-48-40(53)30-13-14-35(38(23-30)55-5)46-18-7-8-32-24-33-34(49-31-16-20-50(3)21-17-31)9-6-10-36(33)52(32)26-42(43,44)45/h6,9-14,22-24,27,31,39,46,49H,15-21,25-26H2,1-5H3,(H,47,54)(H,48,53). The van der Waals surface area contributed by atoms with Gasteiger partial charge in [0.05, 0.1) is 30.6 Å². The number of nitrogens with one attached hydrogen (secondary N) is 4. The molecule has 3 aromatic carbocycles. The minimum atomic E-state index is -4.42. The van der Waals surface area contributed by atoms with Crippen LogP contribution in [0.3, 0.4) is 0 Å². The van der Waals surface area contributed by atoms with Crippen LogP contribution in [0, 0.1) is 17.8 Å². The lowest BCUT2D eigenvalue weighted by Gasteiger charge is -2.35. The summed E-state index contributed by atoms with van der Waals surface area (Å²) in [6.45, 7) is 5.82. The Kier molecular flexibility index (Phi) is 12.1. The van der Waals surface area contributed by atoms with Crippen LogP contribution in [0.25, 0.3) is 10.9 Å². The second kappa shape index (κ2) is 17.0. The zero-order valence-electron chi connectivity index (χ0n) is 32.1. The number of halogens is 3. The van der Waals surface area contributed by atoms with Crippen LogP contribution in [0.15, 0.2) is 60.7 Å². The maximum absolute atomic E-state index is 13.7. The number of carbonyl (C=O) groups excluding carboxylic acids is 2. The summed E-state index contributed by atoms with van der Waals surface area (Å²) in [6, 6.07) is 18.2. The molecule has 292 valence electrons. The van der Waals surface area contributed by atoms with Gasteiger partial charge in [-0.3, -0.25) is 9.59 Å². The van der Waals surface area contributed by atoms with Crippen molar-refractivity contribution in [2.45, 2.75) is 64.5 Å². The number of likely N-dealkylation sites (N-methyl/N-ethyl adjacent to an activating group) is 1. The van der Waals surface area contributed by atoms with Gasteiger partial charge in [0.1, 0.15) is 18.3 Å². The summed E-state index contributed by atoms with van der Waals surface area (Å²) >= 11 is 0. The summed E-state index contributed by atoms with van der Waals surface area (Å²) in [6.07, 6.45) is -1.79. The van der Waals surface area contributed by atoms with E-state index >= 15 is 0 Å². The smallest absolute Gasteiger partial charge is 0.406 e. The maximum Gasteiger partial charge on any atom is 0.406 e. The molecule has 55 heavy (non-hydrogen) atoms. The topological polar surface area (TPSA) is 103 Å². The summed E-state index contributed by atoms with van der Waals surface area (Å²) < 4.78 is 48.0. The number of rotatable bonds is 10. The lowest BCUT2D eigenvalue weighted by Crippen LogP contribution is -2.50. The summed E-state index contributed by atoms with van der Waals surface area (Å²) in [7, 11) is 5.52. The van der Waals surface area contributed by atoms with Crippen molar-refractivity contribution in [2.75, 3.05) is 62.9 Å². The van der Waals surface area contributed by atoms with Gasteiger partial charge >= 0.3 is 6.18 Å². The van der Waals surface area contributed by atoms with E-state index in [1.165, 1.54) is 11.7 Å². The summed E-state index contributed by atoms with van der Waals surface area (Å²) in [5, 5.41) is 13.5. The molecule has 1 aromatic heterocycles. The number of ether oxygens (including phenoxy) is 1. The molecule has 6 rings (SSSR count). The lowest BCUT2D eigenvalue weighted by molar-refractivity contribution is -0.140. The third-order valence-corrected chi connectivity index (χ3v) is 10.4. The average Bonchev–Trinajstić information content (AvgIpc) is 3.49. The first-order valence-corrected chi connectivity index (χ1v) is 18.8. The molecule has 10 nitrogen and oxygen atoms in total. The molecule has 0 spiro atoms. The molecule has 2 aliphatic rings. The number of piperidine rings is 1. The minimum Gasteiger partial charge on any atom is -0.495 e. The number of aromatic nitrogens is 1. The van der Waals surface area contributed by atoms with Crippen molar-refractivity contribution in [1.82, 2.24) is 20.1 Å². The molecule has 1 unspecified atom stereocenters. The summed E-state index contributed by atoms with van der Waals surface area (Å²) in [5.41, 5.74) is 5.55. The fraction of sp³-hybridized carbons (Fsp3) is 0.429. The second-order valence-electron chi connectivity index (χ2n) is 14.7. The Bertz CT molecular complexity index is 2080. The Balaban J connectivity index is 1.12. The third-order valence-electron chi connectivity index (χ3n) is 10.4. The minimum absolute atomic E-state index is 0.00959. The number of methoxy groups -OCH3 is 1. The van der Waals surface area contributed by atoms with E-state index in [1.54, 1.807) is 36.4 Å². The first kappa shape index (κ1) is 39.3. The van der Waals surface area contributed by atoms with Crippen LogP contribution in [0.5, 0.6) is 5.75 Å². The molecule has 0 bridgehead atoms. The summed E-state index contributed by atoms with van der Waals surface area (Å²) in [4.78, 5) is 30.3. The third kappa shape index (κ3) is 9.49. The van der Waals surface area contributed by atoms with Crippen molar-refractivity contribution < 1.29 is 27.5 Å². The van der Waals surface area contributed by atoms with Crippen LogP contribution in [0.1, 0.15) is 53.9 Å². The van der Waals surface area contributed by atoms with Gasteiger partial charge in [0.25, 0.3) is 5.91 Å². The van der Waals surface area contributed by atoms with E-state index in [-0.39, 0.29) is 48.6 Å². The Hall–Kier alpha value is -5.35. The normalized spacial score (nSPS) is 16.8. The zero-order valence-corrected chi connectivity index (χ0v) is 32.1. The number of nitrogens with zero attached hydrogens (tertiary/aromatic N) is 3. The lowest BCUT2D eigenvalue weighted by atomic mass is 9.97. The van der Waals surface area contributed by atoms with Gasteiger partial charge in [0, 0.05) is 48.5 Å². The fourth-order valence-electron chi connectivity index (χ4n) is 7.53. The van der Waals surface area contributed by atoms with Gasteiger partial charge in [0.15, 0.2) is 0 Å². The van der Waals surface area contributed by atoms with Crippen molar-refractivity contribution >= 4 is 39.8 Å². The predicted molar refractivity (Wildman–Crippen MR) is 212 cm³/mol. The number of anilines is 3. The second-order valence-corrected chi connectivity index (χ2v) is 14.7. The molecule has 0 radical (unpaired) electrons. The van der Waals surface area contributed by atoms with E-state index in [2.05, 4.69) is 51.1 Å². The molecule has 13 heteroatoms. The molecule has 3 heterocycles. The Labute approximate surface area is 320 Å². The zero-order chi connectivity index (χ0) is 39.3. The highest BCUT2D eigenvalue weighted by molar-refractivity contribution is 5.95. The molecule has 0 aliphatic carbocycles.